The minimum atomic E-state index is 0.182. The summed E-state index contributed by atoms with van der Waals surface area (Å²) in [6.45, 7) is 2.01. The summed E-state index contributed by atoms with van der Waals surface area (Å²) in [5.74, 6) is 1.65. The second-order valence-corrected chi connectivity index (χ2v) is 3.41. The quantitative estimate of drug-likeness (QED) is 0.695. The van der Waals surface area contributed by atoms with Crippen LogP contribution in [0.3, 0.4) is 0 Å². The monoisotopic (exact) mass is 209 g/mol. The van der Waals surface area contributed by atoms with Crippen LogP contribution in [0.25, 0.3) is 0 Å². The Labute approximate surface area is 88.8 Å². The van der Waals surface area contributed by atoms with E-state index in [9.17, 15) is 0 Å². The highest BCUT2D eigenvalue weighted by Gasteiger charge is 2.12. The first kappa shape index (κ1) is 10.3. The molecule has 0 aromatic heterocycles. The third kappa shape index (κ3) is 2.61. The van der Waals surface area contributed by atoms with Crippen LogP contribution in [-0.2, 0) is 6.42 Å². The number of rotatable bonds is 5. The lowest BCUT2D eigenvalue weighted by molar-refractivity contribution is 0.174. The predicted molar refractivity (Wildman–Crippen MR) is 56.2 cm³/mol. The van der Waals surface area contributed by atoms with Crippen LogP contribution in [0.5, 0.6) is 11.5 Å². The highest BCUT2D eigenvalue weighted by Crippen LogP contribution is 2.32. The number of ether oxygens (including phenoxy) is 2. The van der Waals surface area contributed by atoms with Crippen LogP contribution in [-0.4, -0.2) is 31.6 Å². The lowest BCUT2D eigenvalue weighted by Crippen LogP contribution is -2.20. The van der Waals surface area contributed by atoms with Gasteiger partial charge in [-0.2, -0.15) is 0 Å². The molecule has 0 unspecified atom stereocenters. The van der Waals surface area contributed by atoms with E-state index in [1.54, 1.807) is 0 Å². The second kappa shape index (κ2) is 5.00. The highest BCUT2D eigenvalue weighted by atomic mass is 16.7. The molecular formula is C11H15NO3. The number of hydrogen-bond donors (Lipinski definition) is 2. The number of fused-ring (bicyclic) bond motifs is 1. The smallest absolute Gasteiger partial charge is 0.231 e. The highest BCUT2D eigenvalue weighted by molar-refractivity contribution is 5.44. The van der Waals surface area contributed by atoms with Crippen LogP contribution in [0.1, 0.15) is 5.56 Å². The number of benzene rings is 1. The van der Waals surface area contributed by atoms with Crippen molar-refractivity contribution in [1.29, 1.82) is 0 Å². The zero-order valence-corrected chi connectivity index (χ0v) is 8.53. The van der Waals surface area contributed by atoms with Crippen molar-refractivity contribution in [3.8, 4) is 11.5 Å². The Morgan fingerprint density at radius 2 is 2.07 bits per heavy atom. The van der Waals surface area contributed by atoms with Crippen molar-refractivity contribution in [3.05, 3.63) is 23.8 Å². The first-order chi connectivity index (χ1) is 7.40. The number of hydrogen-bond acceptors (Lipinski definition) is 4. The molecule has 0 fully saturated rings. The molecule has 0 spiro atoms. The maximum Gasteiger partial charge on any atom is 0.231 e. The van der Waals surface area contributed by atoms with E-state index >= 15 is 0 Å². The molecule has 15 heavy (non-hydrogen) atoms. The van der Waals surface area contributed by atoms with Crippen molar-refractivity contribution < 1.29 is 14.6 Å². The van der Waals surface area contributed by atoms with Gasteiger partial charge in [-0.25, -0.2) is 0 Å². The third-order valence-electron chi connectivity index (χ3n) is 2.32. The van der Waals surface area contributed by atoms with Crippen LogP contribution in [0.4, 0.5) is 0 Å². The normalized spacial score (nSPS) is 13.1. The number of aliphatic hydroxyl groups is 1. The van der Waals surface area contributed by atoms with E-state index in [0.29, 0.717) is 13.3 Å². The molecule has 1 aromatic rings. The molecule has 4 heteroatoms. The first-order valence-corrected chi connectivity index (χ1v) is 5.10. The van der Waals surface area contributed by atoms with Crippen LogP contribution >= 0.6 is 0 Å². The molecule has 0 radical (unpaired) electrons. The molecule has 82 valence electrons. The van der Waals surface area contributed by atoms with E-state index in [1.165, 1.54) is 5.56 Å². The maximum absolute atomic E-state index is 8.59. The molecule has 1 aliphatic heterocycles. The van der Waals surface area contributed by atoms with Crippen LogP contribution in [0.2, 0.25) is 0 Å². The molecule has 1 aliphatic rings. The number of aliphatic hydroxyl groups excluding tert-OH is 1. The molecule has 2 N–H and O–H groups in total. The second-order valence-electron chi connectivity index (χ2n) is 3.41. The molecule has 0 amide bonds. The maximum atomic E-state index is 8.59. The van der Waals surface area contributed by atoms with E-state index < -0.39 is 0 Å². The molecule has 0 atom stereocenters. The van der Waals surface area contributed by atoms with Crippen molar-refractivity contribution in [2.45, 2.75) is 6.42 Å². The van der Waals surface area contributed by atoms with Gasteiger partial charge >= 0.3 is 0 Å². The van der Waals surface area contributed by atoms with Gasteiger partial charge in [-0.15, -0.1) is 0 Å². The van der Waals surface area contributed by atoms with Gasteiger partial charge < -0.3 is 19.9 Å². The van der Waals surface area contributed by atoms with Crippen molar-refractivity contribution in [3.63, 3.8) is 0 Å². The van der Waals surface area contributed by atoms with Gasteiger partial charge in [0.05, 0.1) is 6.61 Å². The average Bonchev–Trinajstić information content (AvgIpc) is 2.71. The molecule has 0 saturated carbocycles. The van der Waals surface area contributed by atoms with Gasteiger partial charge in [0.25, 0.3) is 0 Å². The minimum Gasteiger partial charge on any atom is -0.454 e. The van der Waals surface area contributed by atoms with Gasteiger partial charge in [0, 0.05) is 6.54 Å². The molecule has 0 bridgehead atoms. The van der Waals surface area contributed by atoms with E-state index in [1.807, 2.05) is 18.2 Å². The largest absolute Gasteiger partial charge is 0.454 e. The fraction of sp³-hybridized carbons (Fsp3) is 0.455. The predicted octanol–water partition coefficient (Wildman–Crippen LogP) is 0.540. The molecule has 1 heterocycles. The fourth-order valence-corrected chi connectivity index (χ4v) is 1.53. The Morgan fingerprint density at radius 3 is 2.93 bits per heavy atom. The fourth-order valence-electron chi connectivity index (χ4n) is 1.53. The first-order valence-electron chi connectivity index (χ1n) is 5.10. The van der Waals surface area contributed by atoms with Crippen LogP contribution < -0.4 is 14.8 Å². The SMILES string of the molecule is OCCNCCc1ccc2c(c1)OCO2. The summed E-state index contributed by atoms with van der Waals surface area (Å²) in [4.78, 5) is 0. The summed E-state index contributed by atoms with van der Waals surface area (Å²) in [7, 11) is 0. The van der Waals surface area contributed by atoms with Gasteiger partial charge in [0.2, 0.25) is 6.79 Å². The van der Waals surface area contributed by atoms with E-state index in [2.05, 4.69) is 5.32 Å². The van der Waals surface area contributed by atoms with Crippen LogP contribution in [0, 0.1) is 0 Å². The number of nitrogens with one attached hydrogen (secondary N) is 1. The van der Waals surface area contributed by atoms with Crippen molar-refractivity contribution in [2.75, 3.05) is 26.5 Å². The van der Waals surface area contributed by atoms with Gasteiger partial charge in [0.1, 0.15) is 0 Å². The lowest BCUT2D eigenvalue weighted by atomic mass is 10.1. The van der Waals surface area contributed by atoms with Gasteiger partial charge in [-0.1, -0.05) is 6.07 Å². The standard InChI is InChI=1S/C11H15NO3/c13-6-5-12-4-3-9-1-2-10-11(7-9)15-8-14-10/h1-2,7,12-13H,3-6,8H2. The van der Waals surface area contributed by atoms with Gasteiger partial charge in [-0.3, -0.25) is 0 Å². The molecule has 0 aliphatic carbocycles. The molecule has 0 saturated heterocycles. The zero-order valence-electron chi connectivity index (χ0n) is 8.53. The van der Waals surface area contributed by atoms with Crippen molar-refractivity contribution in [2.24, 2.45) is 0 Å². The summed E-state index contributed by atoms with van der Waals surface area (Å²) in [5, 5.41) is 11.7. The molecule has 4 nitrogen and oxygen atoms in total. The Morgan fingerprint density at radius 1 is 1.20 bits per heavy atom. The van der Waals surface area contributed by atoms with Crippen molar-refractivity contribution in [1.82, 2.24) is 5.32 Å². The summed E-state index contributed by atoms with van der Waals surface area (Å²) < 4.78 is 10.5. The Bertz CT molecular complexity index is 328. The summed E-state index contributed by atoms with van der Waals surface area (Å²) in [5.41, 5.74) is 1.21. The van der Waals surface area contributed by atoms with Gasteiger partial charge in [0.15, 0.2) is 11.5 Å². The summed E-state index contributed by atoms with van der Waals surface area (Å²) >= 11 is 0. The van der Waals surface area contributed by atoms with Gasteiger partial charge in [-0.05, 0) is 30.7 Å². The minimum absolute atomic E-state index is 0.182. The Hall–Kier alpha value is -1.26. The zero-order chi connectivity index (χ0) is 10.5. The van der Waals surface area contributed by atoms with E-state index in [4.69, 9.17) is 14.6 Å². The van der Waals surface area contributed by atoms with Crippen molar-refractivity contribution >= 4 is 0 Å². The molecule has 1 aromatic carbocycles. The molecular weight excluding hydrogens is 194 g/mol. The van der Waals surface area contributed by atoms with E-state index in [-0.39, 0.29) is 6.61 Å². The Kier molecular flexibility index (Phi) is 3.42. The third-order valence-corrected chi connectivity index (χ3v) is 2.32. The summed E-state index contributed by atoms with van der Waals surface area (Å²) in [6, 6.07) is 5.97. The summed E-state index contributed by atoms with van der Waals surface area (Å²) in [6.07, 6.45) is 0.927. The lowest BCUT2D eigenvalue weighted by Gasteiger charge is -2.04. The molecule has 2 rings (SSSR count). The average molecular weight is 209 g/mol. The van der Waals surface area contributed by atoms with Crippen LogP contribution in [0.15, 0.2) is 18.2 Å². The van der Waals surface area contributed by atoms with E-state index in [0.717, 1.165) is 24.5 Å². The Balaban J connectivity index is 1.87. The topological polar surface area (TPSA) is 50.7 Å².